The van der Waals surface area contributed by atoms with Crippen molar-refractivity contribution >= 4 is 5.97 Å². The van der Waals surface area contributed by atoms with Crippen LogP contribution in [0.3, 0.4) is 0 Å². The van der Waals surface area contributed by atoms with Crippen molar-refractivity contribution < 1.29 is 23.1 Å². The number of allylic oxidation sites excluding steroid dienone is 1. The number of carboxylic acid groups (broad SMARTS) is 1. The Morgan fingerprint density at radius 1 is 1.29 bits per heavy atom. The fourth-order valence-corrected chi connectivity index (χ4v) is 1.27. The number of hydrogen-bond acceptors (Lipinski definition) is 2. The van der Waals surface area contributed by atoms with Gasteiger partial charge in [-0.2, -0.15) is 0 Å². The van der Waals surface area contributed by atoms with E-state index in [1.54, 1.807) is 0 Å². The van der Waals surface area contributed by atoms with Crippen molar-refractivity contribution in [3.63, 3.8) is 0 Å². The van der Waals surface area contributed by atoms with Crippen LogP contribution < -0.4 is 5.32 Å². The maximum Gasteiger partial charge on any atom is 0.330 e. The van der Waals surface area contributed by atoms with Gasteiger partial charge in [-0.1, -0.05) is 0 Å². The number of likely N-dealkylation sites (N-methyl/N-ethyl adjacent to an activating group) is 1. The molecule has 0 bridgehead atoms. The minimum Gasteiger partial charge on any atom is -0.478 e. The number of carboxylic acids is 1. The first-order valence-corrected chi connectivity index (χ1v) is 4.68. The van der Waals surface area contributed by atoms with Gasteiger partial charge in [-0.3, -0.25) is 0 Å². The number of nitrogens with one attached hydrogen (secondary N) is 1. The van der Waals surface area contributed by atoms with Crippen LogP contribution in [-0.2, 0) is 11.2 Å². The van der Waals surface area contributed by atoms with Crippen LogP contribution in [-0.4, -0.2) is 18.1 Å². The van der Waals surface area contributed by atoms with E-state index in [4.69, 9.17) is 5.11 Å². The standard InChI is InChI=1S/C11H10F3NO2/c1-15-7(4-11(16)17)2-6-3-9(13)10(14)5-8(6)12/h3-5,15H,2H2,1H3,(H,16,17). The highest BCUT2D eigenvalue weighted by molar-refractivity contribution is 5.80. The Bertz CT molecular complexity index is 472. The van der Waals surface area contributed by atoms with E-state index in [-0.39, 0.29) is 17.7 Å². The van der Waals surface area contributed by atoms with Crippen molar-refractivity contribution in [2.24, 2.45) is 0 Å². The Morgan fingerprint density at radius 2 is 1.88 bits per heavy atom. The van der Waals surface area contributed by atoms with Crippen molar-refractivity contribution in [3.05, 3.63) is 46.9 Å². The molecule has 0 fully saturated rings. The van der Waals surface area contributed by atoms with E-state index >= 15 is 0 Å². The second-order valence-electron chi connectivity index (χ2n) is 3.29. The summed E-state index contributed by atoms with van der Waals surface area (Å²) in [7, 11) is 1.45. The lowest BCUT2D eigenvalue weighted by Gasteiger charge is -2.07. The molecule has 92 valence electrons. The summed E-state index contributed by atoms with van der Waals surface area (Å²) in [6.45, 7) is 0. The van der Waals surface area contributed by atoms with Gasteiger partial charge < -0.3 is 10.4 Å². The molecule has 0 aliphatic heterocycles. The van der Waals surface area contributed by atoms with E-state index in [0.29, 0.717) is 12.1 Å². The second-order valence-corrected chi connectivity index (χ2v) is 3.29. The summed E-state index contributed by atoms with van der Waals surface area (Å²) in [4.78, 5) is 10.4. The predicted molar refractivity (Wildman–Crippen MR) is 54.8 cm³/mol. The Labute approximate surface area is 95.6 Å². The Hall–Kier alpha value is -1.98. The molecule has 0 saturated carbocycles. The lowest BCUT2D eigenvalue weighted by atomic mass is 10.1. The van der Waals surface area contributed by atoms with Gasteiger partial charge in [0.05, 0.1) is 0 Å². The van der Waals surface area contributed by atoms with Crippen LogP contribution in [0.1, 0.15) is 5.56 Å². The lowest BCUT2D eigenvalue weighted by molar-refractivity contribution is -0.131. The minimum absolute atomic E-state index is 0.120. The molecular weight excluding hydrogens is 235 g/mol. The molecule has 1 aromatic rings. The number of halogens is 3. The summed E-state index contributed by atoms with van der Waals surface area (Å²) in [5, 5.41) is 11.1. The Kier molecular flexibility index (Phi) is 4.14. The molecule has 0 radical (unpaired) electrons. The van der Waals surface area contributed by atoms with Crippen molar-refractivity contribution in [3.8, 4) is 0 Å². The summed E-state index contributed by atoms with van der Waals surface area (Å²) in [6, 6.07) is 1.14. The van der Waals surface area contributed by atoms with Crippen molar-refractivity contribution in [1.82, 2.24) is 5.32 Å². The Balaban J connectivity index is 3.02. The first-order valence-electron chi connectivity index (χ1n) is 4.68. The molecule has 0 aromatic heterocycles. The SMILES string of the molecule is CNC(=CC(=O)O)Cc1cc(F)c(F)cc1F. The van der Waals surface area contributed by atoms with Gasteiger partial charge in [0.2, 0.25) is 0 Å². The average Bonchev–Trinajstić information content (AvgIpc) is 2.24. The molecule has 0 aliphatic rings. The summed E-state index contributed by atoms with van der Waals surface area (Å²) >= 11 is 0. The van der Waals surface area contributed by atoms with Gasteiger partial charge in [0, 0.05) is 31.3 Å². The van der Waals surface area contributed by atoms with Gasteiger partial charge in [0.1, 0.15) is 5.82 Å². The fourth-order valence-electron chi connectivity index (χ4n) is 1.27. The van der Waals surface area contributed by atoms with Crippen molar-refractivity contribution in [1.29, 1.82) is 0 Å². The first-order chi connectivity index (χ1) is 7.93. The smallest absolute Gasteiger partial charge is 0.330 e. The third-order valence-corrected chi connectivity index (χ3v) is 2.09. The number of carbonyl (C=O) groups is 1. The molecule has 0 amide bonds. The van der Waals surface area contributed by atoms with Crippen LogP contribution in [0.15, 0.2) is 23.9 Å². The second kappa shape index (κ2) is 5.38. The van der Waals surface area contributed by atoms with Crippen molar-refractivity contribution in [2.45, 2.75) is 6.42 Å². The minimum atomic E-state index is -1.28. The zero-order valence-corrected chi connectivity index (χ0v) is 8.93. The molecule has 0 aliphatic carbocycles. The van der Waals surface area contributed by atoms with Crippen molar-refractivity contribution in [2.75, 3.05) is 7.05 Å². The summed E-state index contributed by atoms with van der Waals surface area (Å²) < 4.78 is 38.8. The molecule has 6 heteroatoms. The fraction of sp³-hybridized carbons (Fsp3) is 0.182. The van der Waals surface area contributed by atoms with E-state index in [1.807, 2.05) is 0 Å². The molecular formula is C11H10F3NO2. The summed E-state index contributed by atoms with van der Waals surface area (Å²) in [5.41, 5.74) is 0.0631. The normalized spacial score (nSPS) is 11.4. The highest BCUT2D eigenvalue weighted by Crippen LogP contribution is 2.16. The maximum atomic E-state index is 13.3. The van der Waals surface area contributed by atoms with E-state index < -0.39 is 23.4 Å². The van der Waals surface area contributed by atoms with E-state index in [0.717, 1.165) is 6.08 Å². The quantitative estimate of drug-likeness (QED) is 0.628. The maximum absolute atomic E-state index is 13.3. The van der Waals surface area contributed by atoms with E-state index in [9.17, 15) is 18.0 Å². The zero-order valence-electron chi connectivity index (χ0n) is 8.93. The van der Waals surface area contributed by atoms with Gasteiger partial charge in [-0.05, 0) is 11.6 Å². The number of benzene rings is 1. The molecule has 0 saturated heterocycles. The molecule has 1 rings (SSSR count). The average molecular weight is 245 g/mol. The van der Waals surface area contributed by atoms with Gasteiger partial charge in [0.25, 0.3) is 0 Å². The lowest BCUT2D eigenvalue weighted by Crippen LogP contribution is -2.12. The largest absolute Gasteiger partial charge is 0.478 e. The highest BCUT2D eigenvalue weighted by Gasteiger charge is 2.11. The molecule has 17 heavy (non-hydrogen) atoms. The van der Waals surface area contributed by atoms with E-state index in [1.165, 1.54) is 7.05 Å². The topological polar surface area (TPSA) is 49.3 Å². The number of aliphatic carboxylic acids is 1. The summed E-state index contributed by atoms with van der Waals surface area (Å²) in [5.74, 6) is -4.58. The van der Waals surface area contributed by atoms with Gasteiger partial charge in [0.15, 0.2) is 11.6 Å². The van der Waals surface area contributed by atoms with Crippen LogP contribution in [0.5, 0.6) is 0 Å². The van der Waals surface area contributed by atoms with Gasteiger partial charge in [-0.15, -0.1) is 0 Å². The first kappa shape index (κ1) is 13.1. The van der Waals surface area contributed by atoms with Crippen LogP contribution in [0.25, 0.3) is 0 Å². The molecule has 0 spiro atoms. The molecule has 0 heterocycles. The molecule has 1 aromatic carbocycles. The number of rotatable bonds is 4. The molecule has 0 unspecified atom stereocenters. The third-order valence-electron chi connectivity index (χ3n) is 2.09. The van der Waals surface area contributed by atoms with Gasteiger partial charge in [-0.25, -0.2) is 18.0 Å². The third kappa shape index (κ3) is 3.51. The summed E-state index contributed by atoms with van der Waals surface area (Å²) in [6.07, 6.45) is 0.673. The highest BCUT2D eigenvalue weighted by atomic mass is 19.2. The predicted octanol–water partition coefficient (Wildman–Crippen LogP) is 1.83. The Morgan fingerprint density at radius 3 is 2.41 bits per heavy atom. The van der Waals surface area contributed by atoms with Gasteiger partial charge >= 0.3 is 5.97 Å². The van der Waals surface area contributed by atoms with Crippen LogP contribution in [0, 0.1) is 17.5 Å². The molecule has 0 atom stereocenters. The zero-order chi connectivity index (χ0) is 13.0. The molecule has 3 nitrogen and oxygen atoms in total. The molecule has 2 N–H and O–H groups in total. The van der Waals surface area contributed by atoms with Crippen LogP contribution in [0.4, 0.5) is 13.2 Å². The van der Waals surface area contributed by atoms with E-state index in [2.05, 4.69) is 5.32 Å². The number of hydrogen-bond donors (Lipinski definition) is 2. The van der Waals surface area contributed by atoms with Crippen LogP contribution >= 0.6 is 0 Å². The van der Waals surface area contributed by atoms with Crippen LogP contribution in [0.2, 0.25) is 0 Å². The monoisotopic (exact) mass is 245 g/mol.